The van der Waals surface area contributed by atoms with Crippen molar-refractivity contribution >= 4 is 17.1 Å². The number of H-pyrrole nitrogens is 1. The van der Waals surface area contributed by atoms with Crippen LogP contribution in [-0.2, 0) is 4.74 Å². The third-order valence-corrected chi connectivity index (χ3v) is 3.15. The SMILES string of the molecule is [2H]C(O)[C@H]1O[C@@H](n2cnc3c(=O)[nH]c(N)nc32)[C@H](O)[C@@H]1O. The second kappa shape index (κ2) is 4.52. The summed E-state index contributed by atoms with van der Waals surface area (Å²) in [5.41, 5.74) is 4.96. The van der Waals surface area contributed by atoms with Crippen LogP contribution in [0.4, 0.5) is 5.95 Å². The van der Waals surface area contributed by atoms with Crippen molar-refractivity contribution in [3.63, 3.8) is 0 Å². The Morgan fingerprint density at radius 3 is 2.95 bits per heavy atom. The van der Waals surface area contributed by atoms with E-state index in [2.05, 4.69) is 15.0 Å². The monoisotopic (exact) mass is 284 g/mol. The Morgan fingerprint density at radius 2 is 2.30 bits per heavy atom. The van der Waals surface area contributed by atoms with Gasteiger partial charge in [-0.25, -0.2) is 4.98 Å². The first-order valence-electron chi connectivity index (χ1n) is 6.32. The van der Waals surface area contributed by atoms with E-state index in [1.165, 1.54) is 10.9 Å². The van der Waals surface area contributed by atoms with Crippen LogP contribution >= 0.6 is 0 Å². The molecule has 3 heterocycles. The van der Waals surface area contributed by atoms with Crippen LogP contribution in [0.2, 0.25) is 0 Å². The smallest absolute Gasteiger partial charge is 0.280 e. The molecule has 1 unspecified atom stereocenters. The van der Waals surface area contributed by atoms with Crippen LogP contribution in [0.1, 0.15) is 7.60 Å². The third-order valence-electron chi connectivity index (χ3n) is 3.15. The molecule has 0 amide bonds. The number of aromatic nitrogens is 4. The van der Waals surface area contributed by atoms with Gasteiger partial charge < -0.3 is 25.8 Å². The molecular weight excluding hydrogens is 270 g/mol. The maximum absolute atomic E-state index is 11.7. The average molecular weight is 284 g/mol. The minimum absolute atomic E-state index is 0.00985. The van der Waals surface area contributed by atoms with Gasteiger partial charge in [0.15, 0.2) is 17.4 Å². The molecule has 1 saturated heterocycles. The van der Waals surface area contributed by atoms with Crippen molar-refractivity contribution < 1.29 is 21.4 Å². The van der Waals surface area contributed by atoms with Gasteiger partial charge in [-0.1, -0.05) is 0 Å². The summed E-state index contributed by atoms with van der Waals surface area (Å²) in [7, 11) is 0. The van der Waals surface area contributed by atoms with E-state index in [0.29, 0.717) is 0 Å². The molecule has 0 radical (unpaired) electrons. The van der Waals surface area contributed by atoms with E-state index in [9.17, 15) is 20.1 Å². The summed E-state index contributed by atoms with van der Waals surface area (Å²) in [6.45, 7) is -1.73. The highest BCUT2D eigenvalue weighted by Crippen LogP contribution is 2.30. The molecule has 5 atom stereocenters. The zero-order chi connectivity index (χ0) is 15.3. The quantitative estimate of drug-likeness (QED) is 0.398. The summed E-state index contributed by atoms with van der Waals surface area (Å²) in [5, 5.41) is 29.0. The van der Waals surface area contributed by atoms with Gasteiger partial charge in [-0.2, -0.15) is 4.98 Å². The van der Waals surface area contributed by atoms with Crippen LogP contribution < -0.4 is 11.3 Å². The number of nitrogens with one attached hydrogen (secondary N) is 1. The number of rotatable bonds is 2. The van der Waals surface area contributed by atoms with Gasteiger partial charge in [0.25, 0.3) is 5.56 Å². The van der Waals surface area contributed by atoms with Gasteiger partial charge in [-0.3, -0.25) is 14.3 Å². The normalized spacial score (nSPS) is 32.5. The standard InChI is InChI=1S/C10H13N5O5/c11-10-13-7-4(8(19)14-10)12-2-15(7)9-6(18)5(17)3(1-16)20-9/h2-3,5-6,9,16-18H,1H2,(H3,11,13,14,19)/t3-,5-,6-,9-/m1/s1/i1D/t1?,3-,5-,6-,9-. The second-order valence-corrected chi connectivity index (χ2v) is 4.40. The predicted octanol–water partition coefficient (Wildman–Crippen LogP) is -2.69. The summed E-state index contributed by atoms with van der Waals surface area (Å²) in [6, 6.07) is 0. The van der Waals surface area contributed by atoms with Crippen LogP contribution in [-0.4, -0.2) is 59.7 Å². The van der Waals surface area contributed by atoms with Gasteiger partial charge in [0.05, 0.1) is 14.3 Å². The van der Waals surface area contributed by atoms with E-state index >= 15 is 0 Å². The van der Waals surface area contributed by atoms with Crippen molar-refractivity contribution in [2.45, 2.75) is 24.5 Å². The highest BCUT2D eigenvalue weighted by Gasteiger charge is 2.44. The van der Waals surface area contributed by atoms with E-state index in [1.54, 1.807) is 0 Å². The summed E-state index contributed by atoms with van der Waals surface area (Å²) in [6.07, 6.45) is -4.12. The molecule has 2 aromatic rings. The number of ether oxygens (including phenoxy) is 1. The number of nitrogen functional groups attached to an aromatic ring is 1. The van der Waals surface area contributed by atoms with Crippen molar-refractivity contribution in [1.29, 1.82) is 0 Å². The number of nitrogens with two attached hydrogens (primary N) is 1. The maximum atomic E-state index is 11.7. The lowest BCUT2D eigenvalue weighted by Gasteiger charge is -2.16. The second-order valence-electron chi connectivity index (χ2n) is 4.40. The van der Waals surface area contributed by atoms with E-state index < -0.39 is 36.7 Å². The number of hydrogen-bond acceptors (Lipinski definition) is 8. The molecule has 0 saturated carbocycles. The molecule has 20 heavy (non-hydrogen) atoms. The predicted molar refractivity (Wildman–Crippen MR) is 65.6 cm³/mol. The molecule has 1 aliphatic rings. The Kier molecular flexibility index (Phi) is 2.67. The van der Waals surface area contributed by atoms with Crippen molar-refractivity contribution in [1.82, 2.24) is 19.5 Å². The zero-order valence-electron chi connectivity index (χ0n) is 11.0. The molecule has 1 fully saturated rings. The van der Waals surface area contributed by atoms with Crippen LogP contribution in [0.15, 0.2) is 11.1 Å². The molecule has 10 nitrogen and oxygen atoms in total. The van der Waals surface area contributed by atoms with Gasteiger partial charge in [-0.05, 0) is 0 Å². The Bertz CT molecular complexity index is 730. The molecule has 0 bridgehead atoms. The minimum atomic E-state index is -1.73. The van der Waals surface area contributed by atoms with Gasteiger partial charge >= 0.3 is 0 Å². The fraction of sp³-hybridized carbons (Fsp3) is 0.500. The fourth-order valence-corrected chi connectivity index (χ4v) is 2.17. The Balaban J connectivity index is 2.07. The van der Waals surface area contributed by atoms with Crippen LogP contribution in [0, 0.1) is 0 Å². The number of fused-ring (bicyclic) bond motifs is 1. The summed E-state index contributed by atoms with van der Waals surface area (Å²) in [4.78, 5) is 21.7. The lowest BCUT2D eigenvalue weighted by Crippen LogP contribution is -2.33. The van der Waals surface area contributed by atoms with Crippen LogP contribution in [0.5, 0.6) is 0 Å². The number of aromatic amines is 1. The van der Waals surface area contributed by atoms with Gasteiger partial charge in [0, 0.05) is 0 Å². The molecule has 0 aromatic carbocycles. The molecule has 10 heteroatoms. The fourth-order valence-electron chi connectivity index (χ4n) is 2.17. The molecule has 3 rings (SSSR count). The lowest BCUT2D eigenvalue weighted by atomic mass is 10.1. The topological polar surface area (TPSA) is 160 Å². The van der Waals surface area contributed by atoms with Gasteiger partial charge in [0.1, 0.15) is 18.3 Å². The number of aliphatic hydroxyl groups is 3. The third kappa shape index (κ3) is 1.78. The largest absolute Gasteiger partial charge is 0.394 e. The Morgan fingerprint density at radius 1 is 1.55 bits per heavy atom. The summed E-state index contributed by atoms with van der Waals surface area (Å²) >= 11 is 0. The molecule has 6 N–H and O–H groups in total. The highest BCUT2D eigenvalue weighted by atomic mass is 16.6. The molecule has 2 aromatic heterocycles. The van der Waals surface area contributed by atoms with Gasteiger partial charge in [-0.15, -0.1) is 0 Å². The van der Waals surface area contributed by atoms with Gasteiger partial charge in [0.2, 0.25) is 5.95 Å². The van der Waals surface area contributed by atoms with Crippen molar-refractivity contribution in [3.05, 3.63) is 16.7 Å². The molecule has 1 aliphatic heterocycles. The van der Waals surface area contributed by atoms with Crippen LogP contribution in [0.3, 0.4) is 0 Å². The molecule has 108 valence electrons. The van der Waals surface area contributed by atoms with E-state index in [0.717, 1.165) is 0 Å². The maximum Gasteiger partial charge on any atom is 0.280 e. The first kappa shape index (κ1) is 11.8. The zero-order valence-corrected chi connectivity index (χ0v) is 10.0. The summed E-state index contributed by atoms with van der Waals surface area (Å²) in [5.74, 6) is -0.139. The van der Waals surface area contributed by atoms with Crippen molar-refractivity contribution in [2.24, 2.45) is 0 Å². The number of imidazole rings is 1. The van der Waals surface area contributed by atoms with Crippen molar-refractivity contribution in [2.75, 3.05) is 12.3 Å². The highest BCUT2D eigenvalue weighted by molar-refractivity contribution is 5.70. The average Bonchev–Trinajstić information content (AvgIpc) is 2.93. The number of anilines is 1. The molecule has 0 aliphatic carbocycles. The Hall–Kier alpha value is -2.01. The molecular formula is C10H13N5O5. The number of hydrogen-bond donors (Lipinski definition) is 5. The van der Waals surface area contributed by atoms with E-state index in [1.807, 2.05) is 0 Å². The molecule has 0 spiro atoms. The summed E-state index contributed by atoms with van der Waals surface area (Å²) < 4.78 is 13.7. The minimum Gasteiger partial charge on any atom is -0.394 e. The van der Waals surface area contributed by atoms with E-state index in [4.69, 9.17) is 11.8 Å². The van der Waals surface area contributed by atoms with Crippen LogP contribution in [0.25, 0.3) is 11.2 Å². The lowest BCUT2D eigenvalue weighted by molar-refractivity contribution is -0.0511. The number of aliphatic hydroxyl groups excluding tert-OH is 3. The first-order chi connectivity index (χ1) is 9.90. The first-order valence-corrected chi connectivity index (χ1v) is 5.74. The van der Waals surface area contributed by atoms with Crippen molar-refractivity contribution in [3.8, 4) is 0 Å². The number of nitrogens with zero attached hydrogens (tertiary/aromatic N) is 3. The Labute approximate surface area is 112 Å². The van der Waals surface area contributed by atoms with E-state index in [-0.39, 0.29) is 17.1 Å².